The fourth-order valence-corrected chi connectivity index (χ4v) is 4.39. The van der Waals surface area contributed by atoms with Crippen molar-refractivity contribution in [1.82, 2.24) is 20.1 Å². The molecule has 27 heavy (non-hydrogen) atoms. The van der Waals surface area contributed by atoms with E-state index in [0.29, 0.717) is 18.3 Å². The standard InChI is InChI=1S/C20H27N5OS/c1-15-6-2-3-7-16(15)10-11-21-18(26)14-27-20-23-22-19(24-12-4-5-13-24)25(20)17-8-9-17/h2-3,6-7,17H,4-5,8-14H2,1H3,(H,21,26). The van der Waals surface area contributed by atoms with Crippen LogP contribution >= 0.6 is 11.8 Å². The molecule has 6 nitrogen and oxygen atoms in total. The van der Waals surface area contributed by atoms with Crippen LogP contribution in [0.2, 0.25) is 0 Å². The molecule has 2 aliphatic rings. The Hall–Kier alpha value is -2.02. The summed E-state index contributed by atoms with van der Waals surface area (Å²) in [6.07, 6.45) is 5.69. The zero-order valence-electron chi connectivity index (χ0n) is 15.9. The quantitative estimate of drug-likeness (QED) is 0.708. The Labute approximate surface area is 164 Å². The number of thioether (sulfide) groups is 1. The summed E-state index contributed by atoms with van der Waals surface area (Å²) in [7, 11) is 0. The zero-order valence-corrected chi connectivity index (χ0v) is 16.7. The summed E-state index contributed by atoms with van der Waals surface area (Å²) in [5.41, 5.74) is 2.56. The number of aryl methyl sites for hydroxylation is 1. The molecule has 1 aliphatic heterocycles. The Morgan fingerprint density at radius 3 is 2.74 bits per heavy atom. The summed E-state index contributed by atoms with van der Waals surface area (Å²) >= 11 is 1.50. The van der Waals surface area contributed by atoms with E-state index >= 15 is 0 Å². The molecular weight excluding hydrogens is 358 g/mol. The zero-order chi connectivity index (χ0) is 18.6. The van der Waals surface area contributed by atoms with E-state index in [-0.39, 0.29) is 5.91 Å². The van der Waals surface area contributed by atoms with Crippen LogP contribution in [0.25, 0.3) is 0 Å². The lowest BCUT2D eigenvalue weighted by Gasteiger charge is -2.17. The van der Waals surface area contributed by atoms with E-state index in [4.69, 9.17) is 0 Å². The van der Waals surface area contributed by atoms with Gasteiger partial charge in [-0.1, -0.05) is 36.0 Å². The normalized spacial score (nSPS) is 16.7. The molecule has 0 unspecified atom stereocenters. The molecule has 2 aromatic rings. The highest BCUT2D eigenvalue weighted by Gasteiger charge is 2.32. The summed E-state index contributed by atoms with van der Waals surface area (Å²) in [5, 5.41) is 12.7. The van der Waals surface area contributed by atoms with Crippen LogP contribution < -0.4 is 10.2 Å². The van der Waals surface area contributed by atoms with Crippen molar-refractivity contribution in [3.63, 3.8) is 0 Å². The second-order valence-electron chi connectivity index (χ2n) is 7.39. The van der Waals surface area contributed by atoms with Crippen molar-refractivity contribution in [2.75, 3.05) is 30.3 Å². The largest absolute Gasteiger partial charge is 0.355 e. The number of benzene rings is 1. The first-order valence-electron chi connectivity index (χ1n) is 9.86. The Balaban J connectivity index is 1.29. The van der Waals surface area contributed by atoms with Gasteiger partial charge >= 0.3 is 0 Å². The minimum absolute atomic E-state index is 0.0571. The SMILES string of the molecule is Cc1ccccc1CCNC(=O)CSc1nnc(N2CCCC2)n1C1CC1. The van der Waals surface area contributed by atoms with E-state index in [1.165, 1.54) is 48.6 Å². The Morgan fingerprint density at radius 2 is 2.00 bits per heavy atom. The molecule has 1 aromatic heterocycles. The van der Waals surface area contributed by atoms with Crippen molar-refractivity contribution in [1.29, 1.82) is 0 Å². The van der Waals surface area contributed by atoms with Crippen LogP contribution in [0.1, 0.15) is 42.9 Å². The molecule has 4 rings (SSSR count). The topological polar surface area (TPSA) is 63.1 Å². The number of aromatic nitrogens is 3. The lowest BCUT2D eigenvalue weighted by Crippen LogP contribution is -2.27. The average Bonchev–Trinajstić information content (AvgIpc) is 3.19. The molecule has 2 heterocycles. The molecule has 1 amide bonds. The molecule has 0 atom stereocenters. The Morgan fingerprint density at radius 1 is 1.22 bits per heavy atom. The highest BCUT2D eigenvalue weighted by molar-refractivity contribution is 7.99. The van der Waals surface area contributed by atoms with Crippen LogP contribution in [-0.2, 0) is 11.2 Å². The van der Waals surface area contributed by atoms with Gasteiger partial charge in [0.1, 0.15) is 0 Å². The van der Waals surface area contributed by atoms with E-state index in [1.807, 2.05) is 12.1 Å². The summed E-state index contributed by atoms with van der Waals surface area (Å²) in [6, 6.07) is 8.83. The fourth-order valence-electron chi connectivity index (χ4n) is 3.56. The molecule has 0 spiro atoms. The number of anilines is 1. The molecule has 1 aliphatic carbocycles. The van der Waals surface area contributed by atoms with E-state index in [0.717, 1.165) is 30.6 Å². The molecule has 1 N–H and O–H groups in total. The maximum Gasteiger partial charge on any atom is 0.230 e. The van der Waals surface area contributed by atoms with Gasteiger partial charge in [0.05, 0.1) is 5.75 Å². The molecule has 7 heteroatoms. The molecule has 0 radical (unpaired) electrons. The van der Waals surface area contributed by atoms with Crippen LogP contribution in [0, 0.1) is 6.92 Å². The highest BCUT2D eigenvalue weighted by Crippen LogP contribution is 2.41. The van der Waals surface area contributed by atoms with Crippen molar-refractivity contribution in [2.45, 2.75) is 50.2 Å². The minimum atomic E-state index is 0.0571. The third kappa shape index (κ3) is 4.46. The second-order valence-corrected chi connectivity index (χ2v) is 8.34. The first-order chi connectivity index (χ1) is 13.2. The molecular formula is C20H27N5OS. The van der Waals surface area contributed by atoms with E-state index < -0.39 is 0 Å². The van der Waals surface area contributed by atoms with Crippen LogP contribution in [-0.4, -0.2) is 46.1 Å². The molecule has 1 saturated carbocycles. The van der Waals surface area contributed by atoms with Gasteiger partial charge < -0.3 is 10.2 Å². The van der Waals surface area contributed by atoms with Crippen molar-refractivity contribution < 1.29 is 4.79 Å². The van der Waals surface area contributed by atoms with Crippen molar-refractivity contribution in [2.24, 2.45) is 0 Å². The van der Waals surface area contributed by atoms with Gasteiger partial charge in [-0.15, -0.1) is 10.2 Å². The third-order valence-electron chi connectivity index (χ3n) is 5.26. The van der Waals surface area contributed by atoms with Crippen molar-refractivity contribution >= 4 is 23.6 Å². The third-order valence-corrected chi connectivity index (χ3v) is 6.20. The smallest absolute Gasteiger partial charge is 0.230 e. The minimum Gasteiger partial charge on any atom is -0.355 e. The maximum atomic E-state index is 12.3. The van der Waals surface area contributed by atoms with Crippen LogP contribution in [0.15, 0.2) is 29.4 Å². The Kier molecular flexibility index (Phi) is 5.66. The summed E-state index contributed by atoms with van der Waals surface area (Å²) < 4.78 is 2.26. The number of nitrogens with zero attached hydrogens (tertiary/aromatic N) is 4. The van der Waals surface area contributed by atoms with Gasteiger partial charge in [-0.25, -0.2) is 0 Å². The van der Waals surface area contributed by atoms with Gasteiger partial charge in [0, 0.05) is 25.7 Å². The van der Waals surface area contributed by atoms with Crippen molar-refractivity contribution in [3.8, 4) is 0 Å². The van der Waals surface area contributed by atoms with Gasteiger partial charge in [-0.2, -0.15) is 0 Å². The lowest BCUT2D eigenvalue weighted by atomic mass is 10.1. The Bertz CT molecular complexity index is 795. The van der Waals surface area contributed by atoms with E-state index in [2.05, 4.69) is 44.0 Å². The summed E-state index contributed by atoms with van der Waals surface area (Å²) in [6.45, 7) is 4.90. The number of amides is 1. The highest BCUT2D eigenvalue weighted by atomic mass is 32.2. The molecule has 1 aromatic carbocycles. The average molecular weight is 386 g/mol. The lowest BCUT2D eigenvalue weighted by molar-refractivity contribution is -0.118. The number of hydrogen-bond donors (Lipinski definition) is 1. The predicted molar refractivity (Wildman–Crippen MR) is 108 cm³/mol. The monoisotopic (exact) mass is 385 g/mol. The fraction of sp³-hybridized carbons (Fsp3) is 0.550. The van der Waals surface area contributed by atoms with E-state index in [1.54, 1.807) is 0 Å². The first-order valence-corrected chi connectivity index (χ1v) is 10.8. The van der Waals surface area contributed by atoms with Crippen LogP contribution in [0.5, 0.6) is 0 Å². The van der Waals surface area contributed by atoms with Gasteiger partial charge in [0.2, 0.25) is 11.9 Å². The van der Waals surface area contributed by atoms with Gasteiger partial charge in [0.15, 0.2) is 5.16 Å². The molecule has 2 fully saturated rings. The maximum absolute atomic E-state index is 12.3. The van der Waals surface area contributed by atoms with Gasteiger partial charge in [-0.05, 0) is 50.2 Å². The van der Waals surface area contributed by atoms with Gasteiger partial charge in [-0.3, -0.25) is 9.36 Å². The van der Waals surface area contributed by atoms with E-state index in [9.17, 15) is 4.79 Å². The second kappa shape index (κ2) is 8.33. The van der Waals surface area contributed by atoms with Gasteiger partial charge in [0.25, 0.3) is 0 Å². The number of carbonyl (C=O) groups excluding carboxylic acids is 1. The molecule has 144 valence electrons. The predicted octanol–water partition coefficient (Wildman–Crippen LogP) is 2.97. The van der Waals surface area contributed by atoms with Crippen molar-refractivity contribution in [3.05, 3.63) is 35.4 Å². The number of carbonyl (C=O) groups is 1. The first kappa shape index (κ1) is 18.3. The number of hydrogen-bond acceptors (Lipinski definition) is 5. The number of rotatable bonds is 8. The molecule has 0 bridgehead atoms. The number of nitrogens with one attached hydrogen (secondary N) is 1. The summed E-state index contributed by atoms with van der Waals surface area (Å²) in [4.78, 5) is 14.6. The van der Waals surface area contributed by atoms with Crippen LogP contribution in [0.3, 0.4) is 0 Å². The summed E-state index contributed by atoms with van der Waals surface area (Å²) in [5.74, 6) is 1.44. The molecule has 1 saturated heterocycles. The van der Waals surface area contributed by atoms with Crippen LogP contribution in [0.4, 0.5) is 5.95 Å².